The van der Waals surface area contributed by atoms with Crippen molar-refractivity contribution in [3.8, 4) is 11.5 Å². The average molecular weight is 444 g/mol. The van der Waals surface area contributed by atoms with E-state index in [9.17, 15) is 13.2 Å². The molecule has 0 spiro atoms. The Bertz CT molecular complexity index is 1140. The van der Waals surface area contributed by atoms with E-state index in [1.165, 1.54) is 12.1 Å². The van der Waals surface area contributed by atoms with Gasteiger partial charge in [-0.15, -0.1) is 11.3 Å². The summed E-state index contributed by atoms with van der Waals surface area (Å²) in [6.45, 7) is 2.69. The molecule has 2 aromatic carbocycles. The number of amides is 1. The second-order valence-electron chi connectivity index (χ2n) is 6.88. The molecule has 1 N–H and O–H groups in total. The van der Waals surface area contributed by atoms with E-state index in [2.05, 4.69) is 9.71 Å². The average Bonchev–Trinajstić information content (AvgIpc) is 3.12. The van der Waals surface area contributed by atoms with Crippen molar-refractivity contribution in [3.05, 3.63) is 70.2 Å². The van der Waals surface area contributed by atoms with Gasteiger partial charge in [-0.3, -0.25) is 4.79 Å². The van der Waals surface area contributed by atoms with Crippen molar-refractivity contribution in [2.75, 3.05) is 13.1 Å². The molecular weight excluding hydrogens is 422 g/mol. The Hall–Kier alpha value is -2.75. The molecule has 0 atom stereocenters. The minimum atomic E-state index is -3.80. The lowest BCUT2D eigenvalue weighted by Crippen LogP contribution is -2.42. The van der Waals surface area contributed by atoms with E-state index in [4.69, 9.17) is 4.74 Å². The highest BCUT2D eigenvalue weighted by Gasteiger charge is 2.24. The maximum Gasteiger partial charge on any atom is 0.241 e. The van der Waals surface area contributed by atoms with Gasteiger partial charge in [0.1, 0.15) is 11.5 Å². The number of ether oxygens (including phenoxy) is 1. The first kappa shape index (κ1) is 20.5. The Morgan fingerprint density at radius 1 is 1.13 bits per heavy atom. The van der Waals surface area contributed by atoms with E-state index in [0.29, 0.717) is 31.0 Å². The zero-order valence-electron chi connectivity index (χ0n) is 16.4. The molecule has 0 unspecified atom stereocenters. The second-order valence-corrected chi connectivity index (χ2v) is 9.93. The second kappa shape index (κ2) is 8.55. The van der Waals surface area contributed by atoms with Crippen LogP contribution in [0.15, 0.2) is 59.5 Å². The van der Waals surface area contributed by atoms with Crippen LogP contribution in [0.3, 0.4) is 0 Å². The van der Waals surface area contributed by atoms with Crippen LogP contribution < -0.4 is 9.46 Å². The fraction of sp³-hybridized carbons (Fsp3) is 0.238. The van der Waals surface area contributed by atoms with Crippen molar-refractivity contribution in [1.29, 1.82) is 0 Å². The number of sulfonamides is 1. The molecule has 4 rings (SSSR count). The summed E-state index contributed by atoms with van der Waals surface area (Å²) in [6.07, 6.45) is 0.695. The van der Waals surface area contributed by atoms with Crippen LogP contribution in [0, 0.1) is 6.92 Å². The van der Waals surface area contributed by atoms with E-state index in [1.807, 2.05) is 37.3 Å². The maximum atomic E-state index is 12.6. The molecule has 0 saturated heterocycles. The van der Waals surface area contributed by atoms with Crippen molar-refractivity contribution in [2.24, 2.45) is 0 Å². The number of rotatable bonds is 6. The van der Waals surface area contributed by atoms with Crippen molar-refractivity contribution in [2.45, 2.75) is 24.8 Å². The Morgan fingerprint density at radius 2 is 1.83 bits per heavy atom. The van der Waals surface area contributed by atoms with Crippen LogP contribution in [-0.4, -0.2) is 37.3 Å². The molecule has 30 heavy (non-hydrogen) atoms. The maximum absolute atomic E-state index is 12.6. The van der Waals surface area contributed by atoms with Gasteiger partial charge < -0.3 is 9.64 Å². The predicted molar refractivity (Wildman–Crippen MR) is 114 cm³/mol. The Kier molecular flexibility index (Phi) is 5.85. The highest BCUT2D eigenvalue weighted by atomic mass is 32.2. The number of carbonyl (C=O) groups excluding carboxylic acids is 1. The van der Waals surface area contributed by atoms with Crippen LogP contribution in [0.5, 0.6) is 11.5 Å². The Labute approximate surface area is 179 Å². The summed E-state index contributed by atoms with van der Waals surface area (Å²) in [5.74, 6) is 0.942. The van der Waals surface area contributed by atoms with Gasteiger partial charge in [0, 0.05) is 17.8 Å². The van der Waals surface area contributed by atoms with Crippen LogP contribution in [0.1, 0.15) is 15.6 Å². The monoisotopic (exact) mass is 443 g/mol. The number of fused-ring (bicyclic) bond motifs is 1. The highest BCUT2D eigenvalue weighted by molar-refractivity contribution is 7.89. The zero-order valence-corrected chi connectivity index (χ0v) is 18.0. The first-order valence-corrected chi connectivity index (χ1v) is 11.8. The van der Waals surface area contributed by atoms with Crippen LogP contribution in [-0.2, 0) is 27.8 Å². The van der Waals surface area contributed by atoms with Gasteiger partial charge in [-0.25, -0.2) is 18.1 Å². The van der Waals surface area contributed by atoms with Gasteiger partial charge in [0.15, 0.2) is 0 Å². The summed E-state index contributed by atoms with van der Waals surface area (Å²) in [5, 5.41) is 0.981. The summed E-state index contributed by atoms with van der Waals surface area (Å²) < 4.78 is 33.2. The molecule has 0 aliphatic carbocycles. The first-order valence-electron chi connectivity index (χ1n) is 9.46. The van der Waals surface area contributed by atoms with Gasteiger partial charge in [0.2, 0.25) is 15.9 Å². The largest absolute Gasteiger partial charge is 0.457 e. The minimum absolute atomic E-state index is 0.0784. The normalized spacial score (nSPS) is 13.7. The standard InChI is InChI=1S/C21H21N3O4S2/c1-15-23-19-11-12-24(14-20(19)29-15)21(25)13-22-30(26,27)18-9-7-17(8-10-18)28-16-5-3-2-4-6-16/h2-10,22H,11-14H2,1H3. The number of hydrogen-bond acceptors (Lipinski definition) is 6. The lowest BCUT2D eigenvalue weighted by atomic mass is 10.2. The van der Waals surface area contributed by atoms with Crippen molar-refractivity contribution in [1.82, 2.24) is 14.6 Å². The molecule has 2 heterocycles. The molecule has 9 heteroatoms. The molecule has 0 radical (unpaired) electrons. The molecule has 3 aromatic rings. The lowest BCUT2D eigenvalue weighted by molar-refractivity contribution is -0.130. The van der Waals surface area contributed by atoms with Crippen LogP contribution >= 0.6 is 11.3 Å². The van der Waals surface area contributed by atoms with Gasteiger partial charge in [-0.2, -0.15) is 0 Å². The molecule has 1 amide bonds. The van der Waals surface area contributed by atoms with Crippen LogP contribution in [0.25, 0.3) is 0 Å². The Balaban J connectivity index is 1.35. The van der Waals surface area contributed by atoms with Crippen molar-refractivity contribution >= 4 is 27.3 Å². The summed E-state index contributed by atoms with van der Waals surface area (Å²) in [7, 11) is -3.80. The predicted octanol–water partition coefficient (Wildman–Crippen LogP) is 3.11. The van der Waals surface area contributed by atoms with Crippen LogP contribution in [0.4, 0.5) is 0 Å². The van der Waals surface area contributed by atoms with Gasteiger partial charge in [-0.05, 0) is 43.3 Å². The number of carbonyl (C=O) groups is 1. The number of nitrogens with one attached hydrogen (secondary N) is 1. The minimum Gasteiger partial charge on any atom is -0.457 e. The number of benzene rings is 2. The number of nitrogens with zero attached hydrogens (tertiary/aromatic N) is 2. The van der Waals surface area contributed by atoms with Gasteiger partial charge >= 0.3 is 0 Å². The third-order valence-electron chi connectivity index (χ3n) is 4.72. The van der Waals surface area contributed by atoms with Crippen LogP contribution in [0.2, 0.25) is 0 Å². The molecule has 0 fully saturated rings. The summed E-state index contributed by atoms with van der Waals surface area (Å²) in [5.41, 5.74) is 1.04. The number of aromatic nitrogens is 1. The summed E-state index contributed by atoms with van der Waals surface area (Å²) >= 11 is 1.58. The molecule has 7 nitrogen and oxygen atoms in total. The summed E-state index contributed by atoms with van der Waals surface area (Å²) in [4.78, 5) is 19.8. The number of para-hydroxylation sites is 1. The van der Waals surface area contributed by atoms with Crippen molar-refractivity contribution < 1.29 is 17.9 Å². The zero-order chi connectivity index (χ0) is 21.1. The van der Waals surface area contributed by atoms with Gasteiger partial charge in [0.05, 0.1) is 28.7 Å². The van der Waals surface area contributed by atoms with E-state index in [1.54, 1.807) is 28.4 Å². The third kappa shape index (κ3) is 4.69. The lowest BCUT2D eigenvalue weighted by Gasteiger charge is -2.26. The highest BCUT2D eigenvalue weighted by Crippen LogP contribution is 2.25. The third-order valence-corrected chi connectivity index (χ3v) is 7.13. The van der Waals surface area contributed by atoms with E-state index >= 15 is 0 Å². The Morgan fingerprint density at radius 3 is 2.57 bits per heavy atom. The molecular formula is C21H21N3O4S2. The number of thiazole rings is 1. The van der Waals surface area contributed by atoms with Gasteiger partial charge in [-0.1, -0.05) is 18.2 Å². The van der Waals surface area contributed by atoms with Crippen molar-refractivity contribution in [3.63, 3.8) is 0 Å². The van der Waals surface area contributed by atoms with E-state index < -0.39 is 10.0 Å². The smallest absolute Gasteiger partial charge is 0.241 e. The molecule has 1 aromatic heterocycles. The first-order chi connectivity index (χ1) is 14.4. The number of aryl methyl sites for hydroxylation is 1. The van der Waals surface area contributed by atoms with E-state index in [-0.39, 0.29) is 17.3 Å². The van der Waals surface area contributed by atoms with Gasteiger partial charge in [0.25, 0.3) is 0 Å². The van der Waals surface area contributed by atoms with E-state index in [0.717, 1.165) is 15.6 Å². The fourth-order valence-corrected chi connectivity index (χ4v) is 5.17. The summed E-state index contributed by atoms with van der Waals surface area (Å²) in [6, 6.07) is 15.3. The number of hydrogen-bond donors (Lipinski definition) is 1. The molecule has 0 bridgehead atoms. The molecule has 1 aliphatic rings. The fourth-order valence-electron chi connectivity index (χ4n) is 3.20. The topological polar surface area (TPSA) is 88.6 Å². The molecule has 1 aliphatic heterocycles. The quantitative estimate of drug-likeness (QED) is 0.632. The molecule has 156 valence electrons. The molecule has 0 saturated carbocycles. The SMILES string of the molecule is Cc1nc2c(s1)CN(C(=O)CNS(=O)(=O)c1ccc(Oc3ccccc3)cc1)CC2.